The molecule has 1 heterocycles. The number of para-hydroxylation sites is 2. The Morgan fingerprint density at radius 2 is 2.00 bits per heavy atom. The Bertz CT molecular complexity index is 509. The Hall–Kier alpha value is -1.40. The summed E-state index contributed by atoms with van der Waals surface area (Å²) in [5.41, 5.74) is 0.727. The van der Waals surface area contributed by atoms with Crippen molar-refractivity contribution < 1.29 is 17.4 Å². The second-order valence-corrected chi connectivity index (χ2v) is 3.72. The van der Waals surface area contributed by atoms with Crippen LogP contribution in [0.1, 0.15) is 0 Å². The Morgan fingerprint density at radius 3 is 2.62 bits per heavy atom. The molecule has 0 radical (unpaired) electrons. The molecule has 0 unspecified atom stereocenters. The van der Waals surface area contributed by atoms with Crippen LogP contribution in [0.2, 0.25) is 0 Å². The van der Waals surface area contributed by atoms with E-state index in [1.807, 2.05) is 0 Å². The molecule has 2 aromatic rings. The summed E-state index contributed by atoms with van der Waals surface area (Å²) in [6.07, 6.45) is 0. The number of rotatable bonds is 1. The monoisotopic (exact) mass is 199 g/mol. The van der Waals surface area contributed by atoms with Gasteiger partial charge in [0.05, 0.1) is 0 Å². The fourth-order valence-electron chi connectivity index (χ4n) is 0.961. The predicted molar refractivity (Wildman–Crippen MR) is 43.8 cm³/mol. The molecule has 0 spiro atoms. The summed E-state index contributed by atoms with van der Waals surface area (Å²) in [5.74, 6) is 0. The Balaban J connectivity index is 2.77. The quantitative estimate of drug-likeness (QED) is 0.695. The summed E-state index contributed by atoms with van der Waals surface area (Å²) in [5, 5.41) is -0.672. The zero-order valence-electron chi connectivity index (χ0n) is 6.34. The maximum atomic E-state index is 10.6. The molecule has 0 bridgehead atoms. The van der Waals surface area contributed by atoms with Crippen LogP contribution < -0.4 is 0 Å². The standard InChI is InChI=1S/C7H5NO4S/c9-13(10,11)7-8-5-3-1-2-4-6(5)12-7/h1-4H,(H,9,10,11). The number of oxazole rings is 1. The highest BCUT2D eigenvalue weighted by molar-refractivity contribution is 7.85. The lowest BCUT2D eigenvalue weighted by molar-refractivity contribution is 0.408. The van der Waals surface area contributed by atoms with E-state index in [4.69, 9.17) is 8.97 Å². The van der Waals surface area contributed by atoms with Gasteiger partial charge in [0, 0.05) is 0 Å². The van der Waals surface area contributed by atoms with Crippen LogP contribution in [0.15, 0.2) is 33.9 Å². The van der Waals surface area contributed by atoms with Crippen molar-refractivity contribution in [1.82, 2.24) is 4.98 Å². The molecular weight excluding hydrogens is 194 g/mol. The third-order valence-corrected chi connectivity index (χ3v) is 2.11. The Kier molecular flexibility index (Phi) is 1.61. The van der Waals surface area contributed by atoms with Gasteiger partial charge >= 0.3 is 15.3 Å². The van der Waals surface area contributed by atoms with Gasteiger partial charge in [-0.25, -0.2) is 0 Å². The van der Waals surface area contributed by atoms with E-state index < -0.39 is 15.3 Å². The first kappa shape index (κ1) is 8.21. The molecule has 0 saturated carbocycles. The van der Waals surface area contributed by atoms with Crippen molar-refractivity contribution in [2.45, 2.75) is 5.22 Å². The van der Waals surface area contributed by atoms with Gasteiger partial charge in [0.15, 0.2) is 5.58 Å². The summed E-state index contributed by atoms with van der Waals surface area (Å²) in [6, 6.07) is 6.53. The lowest BCUT2D eigenvalue weighted by atomic mass is 10.3. The normalized spacial score (nSPS) is 12.1. The molecule has 1 aromatic carbocycles. The fourth-order valence-corrected chi connectivity index (χ4v) is 1.37. The van der Waals surface area contributed by atoms with E-state index in [1.165, 1.54) is 0 Å². The van der Waals surface area contributed by atoms with Gasteiger partial charge in [-0.15, -0.1) is 0 Å². The maximum Gasteiger partial charge on any atom is 0.347 e. The van der Waals surface area contributed by atoms with E-state index in [-0.39, 0.29) is 0 Å². The highest BCUT2D eigenvalue weighted by Gasteiger charge is 2.17. The maximum absolute atomic E-state index is 10.6. The summed E-state index contributed by atoms with van der Waals surface area (Å²) in [6.45, 7) is 0. The minimum absolute atomic E-state index is 0.329. The van der Waals surface area contributed by atoms with Crippen LogP contribution in [-0.4, -0.2) is 18.0 Å². The van der Waals surface area contributed by atoms with Crippen LogP contribution >= 0.6 is 0 Å². The molecule has 0 fully saturated rings. The zero-order chi connectivity index (χ0) is 9.47. The van der Waals surface area contributed by atoms with Gasteiger partial charge < -0.3 is 4.42 Å². The van der Waals surface area contributed by atoms with Crippen molar-refractivity contribution in [2.75, 3.05) is 0 Å². The molecule has 0 saturated heterocycles. The summed E-state index contributed by atoms with van der Waals surface area (Å²) in [4.78, 5) is 3.58. The lowest BCUT2D eigenvalue weighted by Crippen LogP contribution is -1.97. The SMILES string of the molecule is O=S(=O)(O)c1nc2ccccc2o1. The second-order valence-electron chi connectivity index (χ2n) is 2.42. The van der Waals surface area contributed by atoms with Crippen molar-refractivity contribution in [3.8, 4) is 0 Å². The topological polar surface area (TPSA) is 80.4 Å². The molecule has 1 aromatic heterocycles. The molecule has 6 heteroatoms. The third-order valence-electron chi connectivity index (χ3n) is 1.49. The first-order chi connectivity index (χ1) is 6.07. The third kappa shape index (κ3) is 1.41. The van der Waals surface area contributed by atoms with E-state index in [2.05, 4.69) is 4.98 Å². The first-order valence-corrected chi connectivity index (χ1v) is 4.84. The molecule has 5 nitrogen and oxygen atoms in total. The van der Waals surface area contributed by atoms with Crippen molar-refractivity contribution >= 4 is 21.2 Å². The van der Waals surface area contributed by atoms with E-state index in [1.54, 1.807) is 24.3 Å². The van der Waals surface area contributed by atoms with Crippen molar-refractivity contribution in [2.24, 2.45) is 0 Å². The highest BCUT2D eigenvalue weighted by atomic mass is 32.2. The predicted octanol–water partition coefficient (Wildman–Crippen LogP) is 1.07. The van der Waals surface area contributed by atoms with Crippen LogP contribution in [0.25, 0.3) is 11.1 Å². The van der Waals surface area contributed by atoms with Crippen molar-refractivity contribution in [3.05, 3.63) is 24.3 Å². The minimum Gasteiger partial charge on any atom is -0.426 e. The van der Waals surface area contributed by atoms with E-state index in [9.17, 15) is 8.42 Å². The van der Waals surface area contributed by atoms with Crippen molar-refractivity contribution in [1.29, 1.82) is 0 Å². The zero-order valence-corrected chi connectivity index (χ0v) is 7.15. The number of hydrogen-bond acceptors (Lipinski definition) is 4. The summed E-state index contributed by atoms with van der Waals surface area (Å²) >= 11 is 0. The molecule has 0 amide bonds. The molecule has 13 heavy (non-hydrogen) atoms. The van der Waals surface area contributed by atoms with Gasteiger partial charge in [-0.2, -0.15) is 13.4 Å². The number of aromatic nitrogens is 1. The van der Waals surface area contributed by atoms with Gasteiger partial charge in [0.25, 0.3) is 0 Å². The molecule has 0 atom stereocenters. The number of fused-ring (bicyclic) bond motifs is 1. The van der Waals surface area contributed by atoms with Gasteiger partial charge in [0.1, 0.15) is 5.52 Å². The van der Waals surface area contributed by atoms with E-state index in [0.717, 1.165) is 0 Å². The summed E-state index contributed by atoms with van der Waals surface area (Å²) in [7, 11) is -4.34. The van der Waals surface area contributed by atoms with Crippen LogP contribution in [0.4, 0.5) is 0 Å². The number of benzene rings is 1. The van der Waals surface area contributed by atoms with Crippen LogP contribution in [0, 0.1) is 0 Å². The lowest BCUT2D eigenvalue weighted by Gasteiger charge is -1.83. The minimum atomic E-state index is -4.34. The molecule has 2 rings (SSSR count). The second kappa shape index (κ2) is 2.54. The van der Waals surface area contributed by atoms with Crippen LogP contribution in [-0.2, 0) is 10.1 Å². The molecule has 68 valence electrons. The number of hydrogen-bond donors (Lipinski definition) is 1. The van der Waals surface area contributed by atoms with E-state index >= 15 is 0 Å². The highest BCUT2D eigenvalue weighted by Crippen LogP contribution is 2.17. The van der Waals surface area contributed by atoms with Gasteiger partial charge in [0.2, 0.25) is 0 Å². The van der Waals surface area contributed by atoms with Crippen LogP contribution in [0.3, 0.4) is 0 Å². The van der Waals surface area contributed by atoms with Crippen molar-refractivity contribution in [3.63, 3.8) is 0 Å². The molecular formula is C7H5NO4S. The van der Waals surface area contributed by atoms with E-state index in [0.29, 0.717) is 11.1 Å². The Morgan fingerprint density at radius 1 is 1.31 bits per heavy atom. The fraction of sp³-hybridized carbons (Fsp3) is 0. The van der Waals surface area contributed by atoms with Crippen LogP contribution in [0.5, 0.6) is 0 Å². The van der Waals surface area contributed by atoms with Gasteiger partial charge in [-0.05, 0) is 12.1 Å². The molecule has 0 aliphatic rings. The molecule has 1 N–H and O–H groups in total. The average molecular weight is 199 g/mol. The molecule has 0 aliphatic heterocycles. The van der Waals surface area contributed by atoms with Gasteiger partial charge in [-0.1, -0.05) is 12.1 Å². The molecule has 0 aliphatic carbocycles. The Labute approximate surface area is 73.8 Å². The summed E-state index contributed by atoms with van der Waals surface area (Å²) < 4.78 is 34.6. The largest absolute Gasteiger partial charge is 0.426 e. The average Bonchev–Trinajstić information content (AvgIpc) is 2.45. The number of nitrogens with zero attached hydrogens (tertiary/aromatic N) is 1. The van der Waals surface area contributed by atoms with Gasteiger partial charge in [-0.3, -0.25) is 4.55 Å². The smallest absolute Gasteiger partial charge is 0.347 e. The first-order valence-electron chi connectivity index (χ1n) is 3.40.